The van der Waals surface area contributed by atoms with Crippen molar-refractivity contribution in [2.24, 2.45) is 11.5 Å². The van der Waals surface area contributed by atoms with Crippen LogP contribution in [0.1, 0.15) is 0 Å². The van der Waals surface area contributed by atoms with Crippen LogP contribution in [0.4, 0.5) is 22.6 Å². The van der Waals surface area contributed by atoms with Crippen molar-refractivity contribution in [3.05, 3.63) is 0 Å². The highest BCUT2D eigenvalue weighted by Crippen LogP contribution is 2.00. The molecule has 0 spiro atoms. The number of aromatic nitrogens is 3. The molecule has 9 heteroatoms. The Morgan fingerprint density at radius 1 is 1.14 bits per heavy atom. The number of hydrogen-bond donors (Lipinski definition) is 5. The Hall–Kier alpha value is -2.32. The lowest BCUT2D eigenvalue weighted by atomic mass is 10.8. The standard InChI is InChI=1S/C4H8N6.CH4N2O/c1-7-4-9-2(5)8-3(6)10-4;2-1(3)4/h1H3,(H5,5,6,7,8,9,10);(H4,2,3,4). The van der Waals surface area contributed by atoms with E-state index in [0.29, 0.717) is 5.95 Å². The van der Waals surface area contributed by atoms with Gasteiger partial charge in [0.1, 0.15) is 0 Å². The highest BCUT2D eigenvalue weighted by atomic mass is 16.2. The Balaban J connectivity index is 0.000000364. The van der Waals surface area contributed by atoms with Gasteiger partial charge in [-0.1, -0.05) is 0 Å². The molecular formula is C5H12N8O. The van der Waals surface area contributed by atoms with Crippen LogP contribution in [0.3, 0.4) is 0 Å². The Morgan fingerprint density at radius 3 is 1.79 bits per heavy atom. The molecule has 1 heterocycles. The summed E-state index contributed by atoms with van der Waals surface area (Å²) in [6, 6.07) is -0.833. The monoisotopic (exact) mass is 200 g/mol. The molecule has 1 rings (SSSR count). The fourth-order valence-corrected chi connectivity index (χ4v) is 0.521. The molecule has 0 unspecified atom stereocenters. The molecule has 0 bridgehead atoms. The van der Waals surface area contributed by atoms with E-state index in [1.807, 2.05) is 0 Å². The number of nitrogens with two attached hydrogens (primary N) is 4. The van der Waals surface area contributed by atoms with Crippen molar-refractivity contribution in [2.45, 2.75) is 0 Å². The summed E-state index contributed by atoms with van der Waals surface area (Å²) < 4.78 is 0. The van der Waals surface area contributed by atoms with Crippen LogP contribution in [-0.2, 0) is 0 Å². The molecule has 14 heavy (non-hydrogen) atoms. The largest absolute Gasteiger partial charge is 0.368 e. The van der Waals surface area contributed by atoms with Crippen molar-refractivity contribution in [3.8, 4) is 0 Å². The molecule has 9 N–H and O–H groups in total. The number of nitrogen functional groups attached to an aromatic ring is 2. The molecule has 78 valence electrons. The van der Waals surface area contributed by atoms with Gasteiger partial charge in [-0.15, -0.1) is 0 Å². The third kappa shape index (κ3) is 5.35. The number of amides is 2. The number of carbonyl (C=O) groups excluding carboxylic acids is 1. The zero-order valence-electron chi connectivity index (χ0n) is 7.56. The van der Waals surface area contributed by atoms with Crippen LogP contribution in [0.25, 0.3) is 0 Å². The number of primary amides is 2. The molecule has 1 aromatic rings. The van der Waals surface area contributed by atoms with E-state index < -0.39 is 6.03 Å². The number of nitrogens with one attached hydrogen (secondary N) is 1. The second-order valence-electron chi connectivity index (χ2n) is 2.03. The second kappa shape index (κ2) is 5.35. The van der Waals surface area contributed by atoms with Crippen molar-refractivity contribution in [1.29, 1.82) is 0 Å². The SMILES string of the molecule is CNc1nc(N)nc(N)n1.NC(N)=O. The second-order valence-corrected chi connectivity index (χ2v) is 2.03. The zero-order valence-corrected chi connectivity index (χ0v) is 7.56. The lowest BCUT2D eigenvalue weighted by Gasteiger charge is -1.98. The van der Waals surface area contributed by atoms with Gasteiger partial charge in [0, 0.05) is 7.05 Å². The lowest BCUT2D eigenvalue weighted by Crippen LogP contribution is -2.18. The van der Waals surface area contributed by atoms with Crippen molar-refractivity contribution in [3.63, 3.8) is 0 Å². The van der Waals surface area contributed by atoms with Crippen LogP contribution in [0.2, 0.25) is 0 Å². The molecule has 0 fully saturated rings. The van der Waals surface area contributed by atoms with E-state index in [1.165, 1.54) is 0 Å². The van der Waals surface area contributed by atoms with Gasteiger partial charge >= 0.3 is 6.03 Å². The zero-order chi connectivity index (χ0) is 11.1. The molecule has 0 saturated heterocycles. The summed E-state index contributed by atoms with van der Waals surface area (Å²) in [5, 5.41) is 2.69. The maximum Gasteiger partial charge on any atom is 0.309 e. The van der Waals surface area contributed by atoms with Gasteiger partial charge in [0.15, 0.2) is 0 Å². The van der Waals surface area contributed by atoms with E-state index in [1.54, 1.807) is 7.05 Å². The van der Waals surface area contributed by atoms with Gasteiger partial charge in [-0.05, 0) is 0 Å². The minimum Gasteiger partial charge on any atom is -0.368 e. The predicted molar refractivity (Wildman–Crippen MR) is 52.0 cm³/mol. The van der Waals surface area contributed by atoms with E-state index >= 15 is 0 Å². The molecule has 0 saturated carbocycles. The third-order valence-electron chi connectivity index (χ3n) is 0.894. The van der Waals surface area contributed by atoms with Crippen molar-refractivity contribution >= 4 is 23.9 Å². The number of nitrogens with zero attached hydrogens (tertiary/aromatic N) is 3. The highest BCUT2D eigenvalue weighted by molar-refractivity contribution is 5.69. The summed E-state index contributed by atoms with van der Waals surface area (Å²) in [6.45, 7) is 0. The van der Waals surface area contributed by atoms with E-state index in [4.69, 9.17) is 16.3 Å². The Morgan fingerprint density at radius 2 is 1.50 bits per heavy atom. The first-order valence-electron chi connectivity index (χ1n) is 3.45. The van der Waals surface area contributed by atoms with Gasteiger partial charge in [-0.3, -0.25) is 0 Å². The predicted octanol–water partition coefficient (Wildman–Crippen LogP) is -1.90. The Labute approximate surface area is 79.9 Å². The topological polar surface area (TPSA) is 172 Å². The Kier molecular flexibility index (Phi) is 4.46. The number of rotatable bonds is 1. The molecule has 0 radical (unpaired) electrons. The van der Waals surface area contributed by atoms with Crippen molar-refractivity contribution in [1.82, 2.24) is 15.0 Å². The minimum atomic E-state index is -0.833. The molecule has 0 aliphatic heterocycles. The molecule has 0 aliphatic carbocycles. The first-order valence-corrected chi connectivity index (χ1v) is 3.45. The van der Waals surface area contributed by atoms with E-state index in [9.17, 15) is 0 Å². The average molecular weight is 200 g/mol. The van der Waals surface area contributed by atoms with Crippen LogP contribution in [0.15, 0.2) is 0 Å². The van der Waals surface area contributed by atoms with Gasteiger partial charge in [0.2, 0.25) is 17.8 Å². The maximum atomic E-state index is 9.00. The lowest BCUT2D eigenvalue weighted by molar-refractivity contribution is 0.256. The van der Waals surface area contributed by atoms with Crippen molar-refractivity contribution in [2.75, 3.05) is 23.8 Å². The molecule has 9 nitrogen and oxygen atoms in total. The first-order chi connectivity index (χ1) is 6.45. The van der Waals surface area contributed by atoms with Crippen molar-refractivity contribution < 1.29 is 4.79 Å². The fraction of sp³-hybridized carbons (Fsp3) is 0.200. The number of anilines is 3. The highest BCUT2D eigenvalue weighted by Gasteiger charge is 1.96. The van der Waals surface area contributed by atoms with Gasteiger partial charge in [0.05, 0.1) is 0 Å². The molecule has 0 atom stereocenters. The van der Waals surface area contributed by atoms with Gasteiger partial charge in [-0.2, -0.15) is 15.0 Å². The van der Waals surface area contributed by atoms with E-state index in [2.05, 4.69) is 31.7 Å². The van der Waals surface area contributed by atoms with Gasteiger partial charge < -0.3 is 28.3 Å². The molecule has 2 amide bonds. The fourth-order valence-electron chi connectivity index (χ4n) is 0.521. The van der Waals surface area contributed by atoms with Gasteiger partial charge in [0.25, 0.3) is 0 Å². The molecule has 0 aliphatic rings. The number of urea groups is 1. The Bertz CT molecular complexity index is 288. The third-order valence-corrected chi connectivity index (χ3v) is 0.894. The van der Waals surface area contributed by atoms with Crippen LogP contribution >= 0.6 is 0 Å². The molecular weight excluding hydrogens is 188 g/mol. The summed E-state index contributed by atoms with van der Waals surface area (Å²) in [5.41, 5.74) is 19.0. The molecule has 0 aromatic carbocycles. The normalized spacial score (nSPS) is 8.36. The minimum absolute atomic E-state index is 0.122. The smallest absolute Gasteiger partial charge is 0.309 e. The average Bonchev–Trinajstić information content (AvgIpc) is 2.01. The van der Waals surface area contributed by atoms with E-state index in [0.717, 1.165) is 0 Å². The van der Waals surface area contributed by atoms with Crippen LogP contribution in [-0.4, -0.2) is 28.0 Å². The van der Waals surface area contributed by atoms with Crippen LogP contribution in [0.5, 0.6) is 0 Å². The summed E-state index contributed by atoms with van der Waals surface area (Å²) in [5.74, 6) is 0.624. The first kappa shape index (κ1) is 11.7. The summed E-state index contributed by atoms with van der Waals surface area (Å²) in [6.07, 6.45) is 0. The maximum absolute atomic E-state index is 9.00. The number of carbonyl (C=O) groups is 1. The van der Waals surface area contributed by atoms with E-state index in [-0.39, 0.29) is 11.9 Å². The van der Waals surface area contributed by atoms with Crippen LogP contribution in [0, 0.1) is 0 Å². The quantitative estimate of drug-likeness (QED) is 0.352. The molecule has 1 aromatic heterocycles. The number of hydrogen-bond acceptors (Lipinski definition) is 7. The summed E-state index contributed by atoms with van der Waals surface area (Å²) >= 11 is 0. The van der Waals surface area contributed by atoms with Crippen LogP contribution < -0.4 is 28.3 Å². The van der Waals surface area contributed by atoms with Gasteiger partial charge in [-0.25, -0.2) is 4.79 Å². The summed E-state index contributed by atoms with van der Waals surface area (Å²) in [7, 11) is 1.67. The summed E-state index contributed by atoms with van der Waals surface area (Å²) in [4.78, 5) is 20.0.